The first-order valence-corrected chi connectivity index (χ1v) is 7.96. The minimum absolute atomic E-state index is 0.109. The van der Waals surface area contributed by atoms with Crippen molar-refractivity contribution in [3.8, 4) is 5.69 Å². The van der Waals surface area contributed by atoms with Crippen LogP contribution in [0.25, 0.3) is 5.69 Å². The molecule has 1 heterocycles. The zero-order valence-electron chi connectivity index (χ0n) is 14.0. The molecule has 3 rings (SSSR count). The average Bonchev–Trinajstić information content (AvgIpc) is 3.03. The van der Waals surface area contributed by atoms with Crippen LogP contribution in [-0.2, 0) is 0 Å². The van der Waals surface area contributed by atoms with E-state index < -0.39 is 0 Å². The number of hydrogen-bond acceptors (Lipinski definition) is 3. The van der Waals surface area contributed by atoms with Gasteiger partial charge >= 0.3 is 0 Å². The van der Waals surface area contributed by atoms with Gasteiger partial charge in [0.15, 0.2) is 5.69 Å². The Morgan fingerprint density at radius 1 is 1.04 bits per heavy atom. The molecule has 2 aromatic carbocycles. The quantitative estimate of drug-likeness (QED) is 0.792. The van der Waals surface area contributed by atoms with E-state index >= 15 is 0 Å². The lowest BCUT2D eigenvalue weighted by atomic mass is 10.1. The highest BCUT2D eigenvalue weighted by atomic mass is 16.2. The molecule has 0 aliphatic rings. The molecule has 0 saturated carbocycles. The van der Waals surface area contributed by atoms with Crippen molar-refractivity contribution in [3.05, 3.63) is 71.5 Å². The molecule has 0 fully saturated rings. The fourth-order valence-corrected chi connectivity index (χ4v) is 2.62. The van der Waals surface area contributed by atoms with E-state index in [2.05, 4.69) is 15.6 Å². The first-order chi connectivity index (χ1) is 11.6. The van der Waals surface area contributed by atoms with E-state index in [-0.39, 0.29) is 11.8 Å². The summed E-state index contributed by atoms with van der Waals surface area (Å²) < 4.78 is 1.73. The maximum atomic E-state index is 12.7. The molecule has 1 amide bonds. The molecule has 1 aromatic heterocycles. The van der Waals surface area contributed by atoms with Gasteiger partial charge in [0.25, 0.3) is 5.91 Å². The molecular weight excluding hydrogens is 300 g/mol. The number of nitrogens with zero attached hydrogens (tertiary/aromatic N) is 3. The average molecular weight is 320 g/mol. The molecule has 3 aromatic rings. The van der Waals surface area contributed by atoms with E-state index in [1.807, 2.05) is 75.4 Å². The van der Waals surface area contributed by atoms with E-state index in [0.717, 1.165) is 22.6 Å². The molecular formula is C19H20N4O. The summed E-state index contributed by atoms with van der Waals surface area (Å²) in [6.45, 7) is 6.02. The van der Waals surface area contributed by atoms with Crippen molar-refractivity contribution in [3.63, 3.8) is 0 Å². The van der Waals surface area contributed by atoms with Gasteiger partial charge < -0.3 is 5.32 Å². The van der Waals surface area contributed by atoms with Crippen molar-refractivity contribution in [1.29, 1.82) is 0 Å². The van der Waals surface area contributed by atoms with Crippen molar-refractivity contribution in [1.82, 2.24) is 15.0 Å². The molecule has 0 spiro atoms. The monoisotopic (exact) mass is 320 g/mol. The van der Waals surface area contributed by atoms with Crippen LogP contribution in [0.1, 0.15) is 41.5 Å². The Morgan fingerprint density at radius 3 is 2.38 bits per heavy atom. The number of rotatable bonds is 4. The van der Waals surface area contributed by atoms with Crippen LogP contribution < -0.4 is 5.32 Å². The lowest BCUT2D eigenvalue weighted by Gasteiger charge is -2.12. The summed E-state index contributed by atoms with van der Waals surface area (Å²) in [5.74, 6) is -0.131. The highest BCUT2D eigenvalue weighted by Crippen LogP contribution is 2.23. The van der Waals surface area contributed by atoms with Crippen LogP contribution in [0.3, 0.4) is 0 Å². The highest BCUT2D eigenvalue weighted by molar-refractivity contribution is 6.04. The van der Waals surface area contributed by atoms with Gasteiger partial charge in [0.1, 0.15) is 0 Å². The molecule has 0 unspecified atom stereocenters. The van der Waals surface area contributed by atoms with Crippen molar-refractivity contribution >= 4 is 11.6 Å². The third kappa shape index (κ3) is 3.06. The van der Waals surface area contributed by atoms with Gasteiger partial charge in [0.05, 0.1) is 11.4 Å². The number of benzene rings is 2. The lowest BCUT2D eigenvalue weighted by molar-refractivity contribution is 0.102. The van der Waals surface area contributed by atoms with E-state index in [9.17, 15) is 4.79 Å². The Morgan fingerprint density at radius 2 is 1.71 bits per heavy atom. The Bertz CT molecular complexity index is 853. The van der Waals surface area contributed by atoms with Gasteiger partial charge in [-0.05, 0) is 36.6 Å². The van der Waals surface area contributed by atoms with Crippen molar-refractivity contribution in [2.24, 2.45) is 0 Å². The van der Waals surface area contributed by atoms with Gasteiger partial charge in [-0.3, -0.25) is 4.79 Å². The molecule has 5 heteroatoms. The summed E-state index contributed by atoms with van der Waals surface area (Å²) in [5, 5.41) is 11.3. The number of nitrogens with one attached hydrogen (secondary N) is 1. The number of hydrogen-bond donors (Lipinski definition) is 1. The number of para-hydroxylation sites is 2. The molecule has 0 radical (unpaired) electrons. The standard InChI is InChI=1S/C19H20N4O/c1-13(2)18-17(19(24)20-16-12-8-7-9-14(16)3)21-22-23(18)15-10-5-4-6-11-15/h4-13H,1-3H3,(H,20,24). The van der Waals surface area contributed by atoms with Gasteiger partial charge in [-0.2, -0.15) is 0 Å². The molecule has 0 aliphatic carbocycles. The molecule has 5 nitrogen and oxygen atoms in total. The second kappa shape index (κ2) is 6.66. The van der Waals surface area contributed by atoms with E-state index in [1.54, 1.807) is 4.68 Å². The van der Waals surface area contributed by atoms with Gasteiger partial charge in [-0.15, -0.1) is 5.10 Å². The summed E-state index contributed by atoms with van der Waals surface area (Å²) in [4.78, 5) is 12.7. The maximum absolute atomic E-state index is 12.7. The molecule has 0 aliphatic heterocycles. The topological polar surface area (TPSA) is 59.8 Å². The van der Waals surface area contributed by atoms with Crippen LogP contribution in [0.5, 0.6) is 0 Å². The molecule has 0 saturated heterocycles. The number of aryl methyl sites for hydroxylation is 1. The normalized spacial score (nSPS) is 10.8. The van der Waals surface area contributed by atoms with Gasteiger partial charge in [0, 0.05) is 5.69 Å². The molecule has 24 heavy (non-hydrogen) atoms. The van der Waals surface area contributed by atoms with Gasteiger partial charge in [-0.1, -0.05) is 55.5 Å². The fraction of sp³-hybridized carbons (Fsp3) is 0.211. The summed E-state index contributed by atoms with van der Waals surface area (Å²) in [7, 11) is 0. The summed E-state index contributed by atoms with van der Waals surface area (Å²) in [6, 6.07) is 17.4. The minimum atomic E-state index is -0.241. The predicted molar refractivity (Wildman–Crippen MR) is 94.6 cm³/mol. The smallest absolute Gasteiger partial charge is 0.278 e. The molecule has 122 valence electrons. The molecule has 1 N–H and O–H groups in total. The molecule has 0 bridgehead atoms. The summed E-state index contributed by atoms with van der Waals surface area (Å²) in [6.07, 6.45) is 0. The van der Waals surface area contributed by atoms with Crippen LogP contribution >= 0.6 is 0 Å². The van der Waals surface area contributed by atoms with Crippen LogP contribution in [0.4, 0.5) is 5.69 Å². The van der Waals surface area contributed by atoms with Gasteiger partial charge in [0.2, 0.25) is 0 Å². The summed E-state index contributed by atoms with van der Waals surface area (Å²) >= 11 is 0. The Labute approximate surface area is 141 Å². The first kappa shape index (κ1) is 15.9. The van der Waals surface area contributed by atoms with Crippen molar-refractivity contribution in [2.75, 3.05) is 5.32 Å². The third-order valence-electron chi connectivity index (χ3n) is 3.86. The highest BCUT2D eigenvalue weighted by Gasteiger charge is 2.23. The second-order valence-electron chi connectivity index (χ2n) is 5.99. The zero-order chi connectivity index (χ0) is 17.1. The van der Waals surface area contributed by atoms with Crippen molar-refractivity contribution < 1.29 is 4.79 Å². The Balaban J connectivity index is 1.98. The number of carbonyl (C=O) groups excluding carboxylic acids is 1. The summed E-state index contributed by atoms with van der Waals surface area (Å²) in [5.41, 5.74) is 3.84. The zero-order valence-corrected chi connectivity index (χ0v) is 14.0. The number of aromatic nitrogens is 3. The predicted octanol–water partition coefficient (Wildman–Crippen LogP) is 3.95. The first-order valence-electron chi connectivity index (χ1n) is 7.96. The van der Waals surface area contributed by atoms with Crippen LogP contribution in [0, 0.1) is 6.92 Å². The number of carbonyl (C=O) groups is 1. The second-order valence-corrected chi connectivity index (χ2v) is 5.99. The van der Waals surface area contributed by atoms with Crippen LogP contribution in [0.15, 0.2) is 54.6 Å². The lowest BCUT2D eigenvalue weighted by Crippen LogP contribution is -2.16. The van der Waals surface area contributed by atoms with Gasteiger partial charge in [-0.25, -0.2) is 4.68 Å². The Kier molecular flexibility index (Phi) is 4.42. The third-order valence-corrected chi connectivity index (χ3v) is 3.86. The Hall–Kier alpha value is -2.95. The van der Waals surface area contributed by atoms with E-state index in [1.165, 1.54) is 0 Å². The number of anilines is 1. The molecule has 0 atom stereocenters. The maximum Gasteiger partial charge on any atom is 0.278 e. The van der Waals surface area contributed by atoms with Crippen LogP contribution in [-0.4, -0.2) is 20.9 Å². The van der Waals surface area contributed by atoms with Crippen molar-refractivity contribution in [2.45, 2.75) is 26.7 Å². The largest absolute Gasteiger partial charge is 0.320 e. The van der Waals surface area contributed by atoms with Crippen LogP contribution in [0.2, 0.25) is 0 Å². The van der Waals surface area contributed by atoms with E-state index in [4.69, 9.17) is 0 Å². The minimum Gasteiger partial charge on any atom is -0.320 e. The number of amides is 1. The SMILES string of the molecule is Cc1ccccc1NC(=O)c1nnn(-c2ccccc2)c1C(C)C. The van der Waals surface area contributed by atoms with E-state index in [0.29, 0.717) is 5.69 Å². The fourth-order valence-electron chi connectivity index (χ4n) is 2.62.